The van der Waals surface area contributed by atoms with Crippen LogP contribution in [0.4, 0.5) is 5.69 Å². The summed E-state index contributed by atoms with van der Waals surface area (Å²) in [5, 5.41) is 0. The van der Waals surface area contributed by atoms with Crippen molar-refractivity contribution in [1.29, 1.82) is 0 Å². The fourth-order valence-corrected chi connectivity index (χ4v) is 1.86. The Hall–Kier alpha value is -2.03. The average Bonchev–Trinajstić information content (AvgIpc) is 2.34. The molecule has 18 heavy (non-hydrogen) atoms. The lowest BCUT2D eigenvalue weighted by atomic mass is 10.0. The Morgan fingerprint density at radius 1 is 1.17 bits per heavy atom. The van der Waals surface area contributed by atoms with Crippen molar-refractivity contribution in [2.45, 2.75) is 26.3 Å². The smallest absolute Gasteiger partial charge is 0.204 e. The van der Waals surface area contributed by atoms with Gasteiger partial charge < -0.3 is 10.3 Å². The maximum atomic E-state index is 11.2. The summed E-state index contributed by atoms with van der Waals surface area (Å²) in [7, 11) is 0. The van der Waals surface area contributed by atoms with Crippen LogP contribution in [0.5, 0.6) is 0 Å². The molecule has 0 saturated carbocycles. The van der Waals surface area contributed by atoms with Gasteiger partial charge in [0.2, 0.25) is 5.43 Å². The fourth-order valence-electron chi connectivity index (χ4n) is 1.86. The molecule has 2 N–H and O–H groups in total. The molecule has 0 spiro atoms. The van der Waals surface area contributed by atoms with Crippen LogP contribution in [0.2, 0.25) is 0 Å². The summed E-state index contributed by atoms with van der Waals surface area (Å²) in [5.74, 6) is 0.544. The third-order valence-corrected chi connectivity index (χ3v) is 3.02. The summed E-state index contributed by atoms with van der Waals surface area (Å²) in [4.78, 5) is 11.2. The second-order valence-corrected chi connectivity index (χ2v) is 4.83. The first-order valence-corrected chi connectivity index (χ1v) is 6.10. The van der Waals surface area contributed by atoms with E-state index in [-0.39, 0.29) is 11.1 Å². The van der Waals surface area contributed by atoms with Crippen LogP contribution in [0.25, 0.3) is 0 Å². The molecular weight excluding hydrogens is 224 g/mol. The third-order valence-electron chi connectivity index (χ3n) is 3.02. The molecule has 0 aliphatic heterocycles. The largest absolute Gasteiger partial charge is 0.394 e. The summed E-state index contributed by atoms with van der Waals surface area (Å²) in [6, 6.07) is 10.0. The zero-order valence-electron chi connectivity index (χ0n) is 10.8. The predicted octanol–water partition coefficient (Wildman–Crippen LogP) is 2.60. The van der Waals surface area contributed by atoms with E-state index >= 15 is 0 Å². The molecule has 1 aromatic carbocycles. The predicted molar refractivity (Wildman–Crippen MR) is 74.7 cm³/mol. The summed E-state index contributed by atoms with van der Waals surface area (Å²) < 4.78 is 1.92. The van der Waals surface area contributed by atoms with Gasteiger partial charge >= 0.3 is 0 Å². The topological polar surface area (TPSA) is 48.0 Å². The van der Waals surface area contributed by atoms with E-state index in [1.54, 1.807) is 12.4 Å². The quantitative estimate of drug-likeness (QED) is 0.899. The van der Waals surface area contributed by atoms with Crippen molar-refractivity contribution in [1.82, 2.24) is 4.57 Å². The molecule has 3 nitrogen and oxygen atoms in total. The standard InChI is InChI=1S/C15H18N2O/c1-11(2)13-5-3-12(4-6-13)9-17-8-7-15(18)14(16)10-17/h3-8,10-11H,9,16H2,1-2H3. The van der Waals surface area contributed by atoms with Crippen LogP contribution in [-0.2, 0) is 6.54 Å². The van der Waals surface area contributed by atoms with Gasteiger partial charge in [-0.15, -0.1) is 0 Å². The number of anilines is 1. The average molecular weight is 242 g/mol. The zero-order chi connectivity index (χ0) is 13.1. The highest BCUT2D eigenvalue weighted by molar-refractivity contribution is 5.34. The van der Waals surface area contributed by atoms with E-state index in [0.29, 0.717) is 5.92 Å². The molecule has 1 heterocycles. The van der Waals surface area contributed by atoms with Crippen LogP contribution in [0.15, 0.2) is 47.5 Å². The Labute approximate surface area is 107 Å². The third kappa shape index (κ3) is 2.80. The van der Waals surface area contributed by atoms with Gasteiger partial charge in [0.25, 0.3) is 0 Å². The number of rotatable bonds is 3. The van der Waals surface area contributed by atoms with Gasteiger partial charge in [-0.05, 0) is 17.0 Å². The number of hydrogen-bond acceptors (Lipinski definition) is 2. The summed E-state index contributed by atoms with van der Waals surface area (Å²) in [6.45, 7) is 5.08. The lowest BCUT2D eigenvalue weighted by molar-refractivity contribution is 0.788. The first-order valence-electron chi connectivity index (χ1n) is 6.10. The van der Waals surface area contributed by atoms with Gasteiger partial charge in [0.1, 0.15) is 0 Å². The lowest BCUT2D eigenvalue weighted by Gasteiger charge is -2.09. The van der Waals surface area contributed by atoms with E-state index in [4.69, 9.17) is 5.73 Å². The van der Waals surface area contributed by atoms with Gasteiger partial charge in [-0.3, -0.25) is 4.79 Å². The number of aromatic nitrogens is 1. The van der Waals surface area contributed by atoms with Crippen molar-refractivity contribution < 1.29 is 0 Å². The van der Waals surface area contributed by atoms with Gasteiger partial charge in [-0.1, -0.05) is 38.1 Å². The first-order chi connectivity index (χ1) is 8.56. The highest BCUT2D eigenvalue weighted by Crippen LogP contribution is 2.15. The molecule has 0 aliphatic carbocycles. The Balaban J connectivity index is 2.18. The second kappa shape index (κ2) is 5.08. The van der Waals surface area contributed by atoms with Crippen molar-refractivity contribution in [3.05, 3.63) is 64.1 Å². The molecule has 0 unspecified atom stereocenters. The molecule has 0 bridgehead atoms. The monoisotopic (exact) mass is 242 g/mol. The van der Waals surface area contributed by atoms with Gasteiger partial charge in [0, 0.05) is 25.0 Å². The molecular formula is C15H18N2O. The second-order valence-electron chi connectivity index (χ2n) is 4.83. The van der Waals surface area contributed by atoms with Crippen LogP contribution in [0, 0.1) is 0 Å². The molecule has 94 valence electrons. The highest BCUT2D eigenvalue weighted by Gasteiger charge is 2.00. The van der Waals surface area contributed by atoms with Gasteiger partial charge in [0.05, 0.1) is 5.69 Å². The fraction of sp³-hybridized carbons (Fsp3) is 0.267. The summed E-state index contributed by atoms with van der Waals surface area (Å²) in [5.41, 5.74) is 8.30. The highest BCUT2D eigenvalue weighted by atomic mass is 16.1. The van der Waals surface area contributed by atoms with E-state index in [9.17, 15) is 4.79 Å². The maximum absolute atomic E-state index is 11.2. The molecule has 0 atom stereocenters. The van der Waals surface area contributed by atoms with Gasteiger partial charge in [-0.25, -0.2) is 0 Å². The minimum absolute atomic E-state index is 0.124. The normalized spacial score (nSPS) is 10.8. The molecule has 0 aliphatic rings. The Bertz CT molecular complexity index is 582. The molecule has 0 fully saturated rings. The Morgan fingerprint density at radius 3 is 2.39 bits per heavy atom. The number of benzene rings is 1. The minimum Gasteiger partial charge on any atom is -0.394 e. The van der Waals surface area contributed by atoms with E-state index < -0.39 is 0 Å². The van der Waals surface area contributed by atoms with Crippen molar-refractivity contribution in [3.8, 4) is 0 Å². The van der Waals surface area contributed by atoms with E-state index in [1.165, 1.54) is 17.2 Å². The molecule has 2 aromatic rings. The molecule has 1 aromatic heterocycles. The Morgan fingerprint density at radius 2 is 1.83 bits per heavy atom. The SMILES string of the molecule is CC(C)c1ccc(Cn2ccc(=O)c(N)c2)cc1. The Kier molecular flexibility index (Phi) is 3.51. The minimum atomic E-state index is -0.124. The van der Waals surface area contributed by atoms with E-state index in [2.05, 4.69) is 38.1 Å². The van der Waals surface area contributed by atoms with Crippen molar-refractivity contribution in [2.24, 2.45) is 0 Å². The van der Waals surface area contributed by atoms with Crippen molar-refractivity contribution >= 4 is 5.69 Å². The van der Waals surface area contributed by atoms with Gasteiger partial charge in [-0.2, -0.15) is 0 Å². The van der Waals surface area contributed by atoms with Crippen LogP contribution in [0.1, 0.15) is 30.9 Å². The molecule has 2 rings (SSSR count). The molecule has 0 amide bonds. The number of nitrogens with zero attached hydrogens (tertiary/aromatic N) is 1. The first kappa shape index (κ1) is 12.4. The number of nitrogen functional groups attached to an aromatic ring is 1. The molecule has 3 heteroatoms. The molecule has 0 saturated heterocycles. The van der Waals surface area contributed by atoms with Crippen molar-refractivity contribution in [3.63, 3.8) is 0 Å². The van der Waals surface area contributed by atoms with E-state index in [0.717, 1.165) is 6.54 Å². The van der Waals surface area contributed by atoms with Crippen LogP contribution in [0.3, 0.4) is 0 Å². The number of nitrogens with two attached hydrogens (primary N) is 1. The van der Waals surface area contributed by atoms with Crippen LogP contribution < -0.4 is 11.2 Å². The van der Waals surface area contributed by atoms with Crippen LogP contribution in [-0.4, -0.2) is 4.57 Å². The summed E-state index contributed by atoms with van der Waals surface area (Å²) >= 11 is 0. The van der Waals surface area contributed by atoms with Crippen LogP contribution >= 0.6 is 0 Å². The van der Waals surface area contributed by atoms with Gasteiger partial charge in [0.15, 0.2) is 0 Å². The maximum Gasteiger partial charge on any atom is 0.204 e. The number of pyridine rings is 1. The lowest BCUT2D eigenvalue weighted by Crippen LogP contribution is -2.11. The van der Waals surface area contributed by atoms with Crippen molar-refractivity contribution in [2.75, 3.05) is 5.73 Å². The van der Waals surface area contributed by atoms with E-state index in [1.807, 2.05) is 4.57 Å². The number of hydrogen-bond donors (Lipinski definition) is 1. The molecule has 0 radical (unpaired) electrons. The summed E-state index contributed by atoms with van der Waals surface area (Å²) in [6.07, 6.45) is 3.44. The zero-order valence-corrected chi connectivity index (χ0v) is 10.8.